The molecule has 144 valence electrons. The zero-order valence-electron chi connectivity index (χ0n) is 15.8. The number of aromatic nitrogens is 2. The predicted octanol–water partition coefficient (Wildman–Crippen LogP) is 3.87. The Labute approximate surface area is 163 Å². The first-order chi connectivity index (χ1) is 13.6. The summed E-state index contributed by atoms with van der Waals surface area (Å²) < 4.78 is 7.19. The third-order valence-electron chi connectivity index (χ3n) is 4.14. The zero-order valence-corrected chi connectivity index (χ0v) is 15.8. The van der Waals surface area contributed by atoms with Crippen molar-refractivity contribution in [3.05, 3.63) is 66.7 Å². The first kappa shape index (κ1) is 19.2. The molecule has 0 radical (unpaired) electrons. The van der Waals surface area contributed by atoms with E-state index in [9.17, 15) is 9.59 Å². The van der Waals surface area contributed by atoms with Crippen LogP contribution in [0.1, 0.15) is 30.1 Å². The number of carbonyl (C=O) groups is 2. The molecule has 1 heterocycles. The van der Waals surface area contributed by atoms with Gasteiger partial charge in [-0.1, -0.05) is 6.92 Å². The van der Waals surface area contributed by atoms with Gasteiger partial charge in [-0.2, -0.15) is 0 Å². The van der Waals surface area contributed by atoms with Gasteiger partial charge in [0.25, 0.3) is 5.91 Å². The number of rotatable bonds is 7. The maximum absolute atomic E-state index is 12.5. The van der Waals surface area contributed by atoms with Gasteiger partial charge in [-0.25, -0.2) is 4.98 Å². The minimum Gasteiger partial charge on any atom is -0.494 e. The summed E-state index contributed by atoms with van der Waals surface area (Å²) >= 11 is 0. The van der Waals surface area contributed by atoms with Crippen molar-refractivity contribution in [2.24, 2.45) is 0 Å². The molecule has 0 bridgehead atoms. The minimum atomic E-state index is -0.234. The standard InChI is InChI=1S/C21H22N4O3/c1-3-4-20(26)24-18-10-7-16(13-19(18)28-2)23-21(27)15-5-8-17(9-6-15)25-12-11-22-14-25/h5-14H,3-4H2,1-2H3,(H,23,27)(H,24,26). The Morgan fingerprint density at radius 2 is 1.89 bits per heavy atom. The van der Waals surface area contributed by atoms with Crippen LogP contribution in [0, 0.1) is 0 Å². The molecule has 3 rings (SSSR count). The molecule has 0 atom stereocenters. The molecule has 7 heteroatoms. The number of hydrogen-bond donors (Lipinski definition) is 2. The van der Waals surface area contributed by atoms with Gasteiger partial charge < -0.3 is 19.9 Å². The molecule has 0 aliphatic heterocycles. The number of nitrogens with zero attached hydrogens (tertiary/aromatic N) is 2. The summed E-state index contributed by atoms with van der Waals surface area (Å²) in [6.45, 7) is 1.94. The molecule has 0 unspecified atom stereocenters. The van der Waals surface area contributed by atoms with Crippen molar-refractivity contribution in [2.45, 2.75) is 19.8 Å². The SMILES string of the molecule is CCCC(=O)Nc1ccc(NC(=O)c2ccc(-n3ccnc3)cc2)cc1OC. The number of carbonyl (C=O) groups excluding carboxylic acids is 2. The van der Waals surface area contributed by atoms with E-state index >= 15 is 0 Å². The van der Waals surface area contributed by atoms with Crippen molar-refractivity contribution >= 4 is 23.2 Å². The maximum atomic E-state index is 12.5. The predicted molar refractivity (Wildman–Crippen MR) is 108 cm³/mol. The van der Waals surface area contributed by atoms with E-state index in [2.05, 4.69) is 15.6 Å². The van der Waals surface area contributed by atoms with Crippen LogP contribution in [0.2, 0.25) is 0 Å². The van der Waals surface area contributed by atoms with Crippen LogP contribution < -0.4 is 15.4 Å². The second kappa shape index (κ2) is 8.85. The normalized spacial score (nSPS) is 10.4. The van der Waals surface area contributed by atoms with Crippen molar-refractivity contribution in [3.8, 4) is 11.4 Å². The van der Waals surface area contributed by atoms with Gasteiger partial charge in [0, 0.05) is 41.8 Å². The van der Waals surface area contributed by atoms with Crippen LogP contribution in [-0.4, -0.2) is 28.5 Å². The van der Waals surface area contributed by atoms with Crippen molar-refractivity contribution in [3.63, 3.8) is 0 Å². The summed E-state index contributed by atoms with van der Waals surface area (Å²) in [7, 11) is 1.52. The van der Waals surface area contributed by atoms with Gasteiger partial charge in [0.1, 0.15) is 5.75 Å². The van der Waals surface area contributed by atoms with Crippen molar-refractivity contribution in [1.82, 2.24) is 9.55 Å². The van der Waals surface area contributed by atoms with Gasteiger partial charge in [0.05, 0.1) is 19.1 Å². The van der Waals surface area contributed by atoms with Crippen LogP contribution in [-0.2, 0) is 4.79 Å². The van der Waals surface area contributed by atoms with Gasteiger partial charge in [-0.3, -0.25) is 9.59 Å². The van der Waals surface area contributed by atoms with E-state index < -0.39 is 0 Å². The number of nitrogens with one attached hydrogen (secondary N) is 2. The highest BCUT2D eigenvalue weighted by Gasteiger charge is 2.11. The lowest BCUT2D eigenvalue weighted by Crippen LogP contribution is -2.13. The molecule has 0 spiro atoms. The number of amides is 2. The number of methoxy groups -OCH3 is 1. The van der Waals surface area contributed by atoms with Crippen LogP contribution in [0.4, 0.5) is 11.4 Å². The van der Waals surface area contributed by atoms with Crippen molar-refractivity contribution in [2.75, 3.05) is 17.7 Å². The van der Waals surface area contributed by atoms with Gasteiger partial charge >= 0.3 is 0 Å². The largest absolute Gasteiger partial charge is 0.494 e. The van der Waals surface area contributed by atoms with Gasteiger partial charge in [-0.15, -0.1) is 0 Å². The Morgan fingerprint density at radius 1 is 1.11 bits per heavy atom. The number of hydrogen-bond acceptors (Lipinski definition) is 4. The Balaban J connectivity index is 1.70. The Hall–Kier alpha value is -3.61. The molecule has 2 N–H and O–H groups in total. The van der Waals surface area contributed by atoms with Gasteiger partial charge in [0.2, 0.25) is 5.91 Å². The van der Waals surface area contributed by atoms with E-state index in [1.807, 2.05) is 29.8 Å². The summed E-state index contributed by atoms with van der Waals surface area (Å²) in [5, 5.41) is 5.65. The lowest BCUT2D eigenvalue weighted by atomic mass is 10.1. The average Bonchev–Trinajstić information content (AvgIpc) is 3.24. The molecule has 0 saturated heterocycles. The molecule has 0 aliphatic carbocycles. The molecule has 0 saturated carbocycles. The van der Waals surface area contributed by atoms with E-state index in [1.54, 1.807) is 42.9 Å². The van der Waals surface area contributed by atoms with E-state index in [-0.39, 0.29) is 11.8 Å². The second-order valence-electron chi connectivity index (χ2n) is 6.18. The number of imidazole rings is 1. The van der Waals surface area contributed by atoms with Crippen LogP contribution >= 0.6 is 0 Å². The lowest BCUT2D eigenvalue weighted by Gasteiger charge is -2.13. The highest BCUT2D eigenvalue weighted by Crippen LogP contribution is 2.28. The van der Waals surface area contributed by atoms with E-state index in [0.29, 0.717) is 29.1 Å². The van der Waals surface area contributed by atoms with Crippen LogP contribution in [0.5, 0.6) is 5.75 Å². The topological polar surface area (TPSA) is 85.3 Å². The van der Waals surface area contributed by atoms with Crippen molar-refractivity contribution < 1.29 is 14.3 Å². The van der Waals surface area contributed by atoms with Crippen LogP contribution in [0.15, 0.2) is 61.2 Å². The van der Waals surface area contributed by atoms with E-state index in [0.717, 1.165) is 12.1 Å². The molecule has 3 aromatic rings. The third kappa shape index (κ3) is 4.56. The smallest absolute Gasteiger partial charge is 0.255 e. The molecule has 7 nitrogen and oxygen atoms in total. The number of anilines is 2. The maximum Gasteiger partial charge on any atom is 0.255 e. The fourth-order valence-corrected chi connectivity index (χ4v) is 2.71. The number of ether oxygens (including phenoxy) is 1. The highest BCUT2D eigenvalue weighted by atomic mass is 16.5. The monoisotopic (exact) mass is 378 g/mol. The quantitative estimate of drug-likeness (QED) is 0.653. The summed E-state index contributed by atoms with van der Waals surface area (Å²) in [5.74, 6) is 0.176. The van der Waals surface area contributed by atoms with Crippen LogP contribution in [0.3, 0.4) is 0 Å². The number of benzene rings is 2. The van der Waals surface area contributed by atoms with E-state index in [4.69, 9.17) is 4.74 Å². The summed E-state index contributed by atoms with van der Waals surface area (Å²) in [4.78, 5) is 28.3. The fourth-order valence-electron chi connectivity index (χ4n) is 2.71. The molecule has 2 aromatic carbocycles. The average molecular weight is 378 g/mol. The van der Waals surface area contributed by atoms with Crippen molar-refractivity contribution in [1.29, 1.82) is 0 Å². The highest BCUT2D eigenvalue weighted by molar-refractivity contribution is 6.04. The Kier molecular flexibility index (Phi) is 6.06. The minimum absolute atomic E-state index is 0.0735. The zero-order chi connectivity index (χ0) is 19.9. The molecule has 0 aliphatic rings. The molecule has 0 fully saturated rings. The lowest BCUT2D eigenvalue weighted by molar-refractivity contribution is -0.116. The summed E-state index contributed by atoms with van der Waals surface area (Å²) in [6, 6.07) is 12.3. The molecule has 2 amide bonds. The van der Waals surface area contributed by atoms with Gasteiger partial charge in [-0.05, 0) is 42.8 Å². The van der Waals surface area contributed by atoms with Gasteiger partial charge in [0.15, 0.2) is 0 Å². The second-order valence-corrected chi connectivity index (χ2v) is 6.18. The summed E-state index contributed by atoms with van der Waals surface area (Å²) in [6.07, 6.45) is 6.44. The third-order valence-corrected chi connectivity index (χ3v) is 4.14. The molecular formula is C21H22N4O3. The van der Waals surface area contributed by atoms with E-state index in [1.165, 1.54) is 7.11 Å². The molecular weight excluding hydrogens is 356 g/mol. The first-order valence-corrected chi connectivity index (χ1v) is 8.98. The summed E-state index contributed by atoms with van der Waals surface area (Å²) in [5.41, 5.74) is 2.60. The first-order valence-electron chi connectivity index (χ1n) is 8.98. The Morgan fingerprint density at radius 3 is 2.54 bits per heavy atom. The Bertz CT molecular complexity index is 950. The van der Waals surface area contributed by atoms with Crippen LogP contribution in [0.25, 0.3) is 5.69 Å². The molecule has 1 aromatic heterocycles. The fraction of sp³-hybridized carbons (Fsp3) is 0.190. The molecule has 28 heavy (non-hydrogen) atoms.